The summed E-state index contributed by atoms with van der Waals surface area (Å²) in [6.45, 7) is 2.68. The van der Waals surface area contributed by atoms with E-state index in [0.29, 0.717) is 12.2 Å². The molecule has 0 N–H and O–H groups in total. The zero-order valence-electron chi connectivity index (χ0n) is 8.38. The van der Waals surface area contributed by atoms with Crippen LogP contribution >= 0.6 is 0 Å². The number of rotatable bonds is 2. The van der Waals surface area contributed by atoms with Gasteiger partial charge in [-0.15, -0.1) is 0 Å². The second-order valence-electron chi connectivity index (χ2n) is 3.29. The van der Waals surface area contributed by atoms with Gasteiger partial charge >= 0.3 is 0 Å². The number of aromatic nitrogens is 3. The maximum Gasteiger partial charge on any atom is 0.140 e. The molecule has 0 aliphatic heterocycles. The van der Waals surface area contributed by atoms with Crippen molar-refractivity contribution in [1.82, 2.24) is 14.8 Å². The van der Waals surface area contributed by atoms with Crippen molar-refractivity contribution < 1.29 is 0 Å². The van der Waals surface area contributed by atoms with Crippen molar-refractivity contribution in [3.05, 3.63) is 47.5 Å². The number of nitriles is 1. The molecular weight excluding hydrogens is 188 g/mol. The lowest BCUT2D eigenvalue weighted by Crippen LogP contribution is -2.03. The van der Waals surface area contributed by atoms with Gasteiger partial charge < -0.3 is 0 Å². The normalized spacial score (nSPS) is 9.87. The van der Waals surface area contributed by atoms with Crippen molar-refractivity contribution >= 4 is 0 Å². The lowest BCUT2D eigenvalue weighted by molar-refractivity contribution is 0.664. The summed E-state index contributed by atoms with van der Waals surface area (Å²) in [7, 11) is 0. The number of hydrogen-bond acceptors (Lipinski definition) is 3. The minimum Gasteiger partial charge on any atom is -0.265 e. The van der Waals surface area contributed by atoms with Crippen LogP contribution in [-0.4, -0.2) is 14.8 Å². The van der Waals surface area contributed by atoms with Crippen molar-refractivity contribution in [2.75, 3.05) is 0 Å². The maximum absolute atomic E-state index is 8.71. The summed E-state index contributed by atoms with van der Waals surface area (Å²) in [6.07, 6.45) is 3.41. The Morgan fingerprint density at radius 2 is 2.27 bits per heavy atom. The molecule has 4 nitrogen and oxygen atoms in total. The monoisotopic (exact) mass is 198 g/mol. The van der Waals surface area contributed by atoms with Gasteiger partial charge in [0.2, 0.25) is 0 Å². The summed E-state index contributed by atoms with van der Waals surface area (Å²) in [6, 6.07) is 7.64. The molecule has 0 aliphatic carbocycles. The molecule has 2 heterocycles. The first-order valence-corrected chi connectivity index (χ1v) is 4.63. The third-order valence-electron chi connectivity index (χ3n) is 2.20. The number of hydrogen-bond donors (Lipinski definition) is 0. The molecule has 2 aromatic heterocycles. The van der Waals surface area contributed by atoms with Crippen LogP contribution in [0.3, 0.4) is 0 Å². The second kappa shape index (κ2) is 3.93. The van der Waals surface area contributed by atoms with Gasteiger partial charge in [0.15, 0.2) is 0 Å². The molecule has 4 heteroatoms. The standard InChI is InChI=1S/C11H10N4/c1-9-2-5-14-15(9)8-10-3-4-13-11(6-10)7-12/h2-6H,8H2,1H3. The van der Waals surface area contributed by atoms with Crippen LogP contribution in [0, 0.1) is 18.3 Å². The quantitative estimate of drug-likeness (QED) is 0.734. The van der Waals surface area contributed by atoms with Gasteiger partial charge in [-0.2, -0.15) is 10.4 Å². The summed E-state index contributed by atoms with van der Waals surface area (Å²) in [5, 5.41) is 12.9. The van der Waals surface area contributed by atoms with Gasteiger partial charge in [-0.1, -0.05) is 0 Å². The molecule has 2 aromatic rings. The fourth-order valence-corrected chi connectivity index (χ4v) is 1.37. The molecule has 0 unspecified atom stereocenters. The van der Waals surface area contributed by atoms with E-state index in [4.69, 9.17) is 5.26 Å². The SMILES string of the molecule is Cc1ccnn1Cc1ccnc(C#N)c1. The van der Waals surface area contributed by atoms with Crippen LogP contribution < -0.4 is 0 Å². The van der Waals surface area contributed by atoms with E-state index in [0.717, 1.165) is 11.3 Å². The Balaban J connectivity index is 2.25. The highest BCUT2D eigenvalue weighted by Gasteiger charge is 2.00. The lowest BCUT2D eigenvalue weighted by Gasteiger charge is -2.04. The molecule has 0 aromatic carbocycles. The summed E-state index contributed by atoms with van der Waals surface area (Å²) >= 11 is 0. The van der Waals surface area contributed by atoms with Gasteiger partial charge in [-0.25, -0.2) is 4.98 Å². The Hall–Kier alpha value is -2.15. The molecule has 15 heavy (non-hydrogen) atoms. The van der Waals surface area contributed by atoms with Gasteiger partial charge in [0.1, 0.15) is 11.8 Å². The van der Waals surface area contributed by atoms with Gasteiger partial charge in [0.05, 0.1) is 6.54 Å². The van der Waals surface area contributed by atoms with Crippen molar-refractivity contribution in [2.45, 2.75) is 13.5 Å². The molecule has 0 saturated carbocycles. The van der Waals surface area contributed by atoms with Crippen LogP contribution in [0.4, 0.5) is 0 Å². The molecule has 0 spiro atoms. The van der Waals surface area contributed by atoms with Crippen LogP contribution in [-0.2, 0) is 6.54 Å². The van der Waals surface area contributed by atoms with Crippen molar-refractivity contribution in [1.29, 1.82) is 5.26 Å². The van der Waals surface area contributed by atoms with E-state index in [2.05, 4.69) is 10.1 Å². The summed E-state index contributed by atoms with van der Waals surface area (Å²) < 4.78 is 1.89. The molecule has 0 saturated heterocycles. The van der Waals surface area contributed by atoms with Gasteiger partial charge in [-0.3, -0.25) is 4.68 Å². The maximum atomic E-state index is 8.71. The highest BCUT2D eigenvalue weighted by Crippen LogP contribution is 2.05. The lowest BCUT2D eigenvalue weighted by atomic mass is 10.2. The predicted molar refractivity (Wildman–Crippen MR) is 55.0 cm³/mol. The Kier molecular flexibility index (Phi) is 2.46. The molecule has 0 amide bonds. The molecule has 2 rings (SSSR count). The summed E-state index contributed by atoms with van der Waals surface area (Å²) in [4.78, 5) is 3.92. The van der Waals surface area contributed by atoms with E-state index in [1.807, 2.05) is 29.8 Å². The average molecular weight is 198 g/mol. The fourth-order valence-electron chi connectivity index (χ4n) is 1.37. The molecule has 0 fully saturated rings. The van der Waals surface area contributed by atoms with E-state index in [1.165, 1.54) is 0 Å². The van der Waals surface area contributed by atoms with Crippen LogP contribution in [0.5, 0.6) is 0 Å². The summed E-state index contributed by atoms with van der Waals surface area (Å²) in [5.74, 6) is 0. The van der Waals surface area contributed by atoms with Gasteiger partial charge in [0.25, 0.3) is 0 Å². The molecule has 0 bridgehead atoms. The van der Waals surface area contributed by atoms with Gasteiger partial charge in [-0.05, 0) is 30.7 Å². The molecule has 74 valence electrons. The third kappa shape index (κ3) is 2.02. The second-order valence-corrected chi connectivity index (χ2v) is 3.29. The number of pyridine rings is 1. The Morgan fingerprint density at radius 3 is 2.93 bits per heavy atom. The van der Waals surface area contributed by atoms with Crippen molar-refractivity contribution in [3.63, 3.8) is 0 Å². The van der Waals surface area contributed by atoms with Crippen LogP contribution in [0.1, 0.15) is 17.0 Å². The first-order chi connectivity index (χ1) is 7.29. The summed E-state index contributed by atoms with van der Waals surface area (Å²) in [5.41, 5.74) is 2.58. The Bertz CT molecular complexity index is 507. The van der Waals surface area contributed by atoms with Crippen molar-refractivity contribution in [3.8, 4) is 6.07 Å². The molecular formula is C11H10N4. The minimum absolute atomic E-state index is 0.442. The average Bonchev–Trinajstić information content (AvgIpc) is 2.65. The highest BCUT2D eigenvalue weighted by atomic mass is 15.3. The first-order valence-electron chi connectivity index (χ1n) is 4.63. The van der Waals surface area contributed by atoms with Crippen LogP contribution in [0.25, 0.3) is 0 Å². The fraction of sp³-hybridized carbons (Fsp3) is 0.182. The third-order valence-corrected chi connectivity index (χ3v) is 2.20. The van der Waals surface area contributed by atoms with Crippen LogP contribution in [0.15, 0.2) is 30.6 Å². The number of nitrogens with zero attached hydrogens (tertiary/aromatic N) is 4. The number of aryl methyl sites for hydroxylation is 1. The van der Waals surface area contributed by atoms with Gasteiger partial charge in [0, 0.05) is 18.1 Å². The Morgan fingerprint density at radius 1 is 1.40 bits per heavy atom. The van der Waals surface area contributed by atoms with Crippen molar-refractivity contribution in [2.24, 2.45) is 0 Å². The van der Waals surface area contributed by atoms with Crippen LogP contribution in [0.2, 0.25) is 0 Å². The highest BCUT2D eigenvalue weighted by molar-refractivity contribution is 5.25. The molecule has 0 aliphatic rings. The molecule has 0 atom stereocenters. The van der Waals surface area contributed by atoms with E-state index in [9.17, 15) is 0 Å². The zero-order chi connectivity index (χ0) is 10.7. The van der Waals surface area contributed by atoms with E-state index in [1.54, 1.807) is 18.5 Å². The smallest absolute Gasteiger partial charge is 0.140 e. The zero-order valence-corrected chi connectivity index (χ0v) is 8.38. The first kappa shape index (κ1) is 9.41. The molecule has 0 radical (unpaired) electrons. The Labute approximate surface area is 87.8 Å². The minimum atomic E-state index is 0.442. The van der Waals surface area contributed by atoms with E-state index < -0.39 is 0 Å². The predicted octanol–water partition coefficient (Wildman–Crippen LogP) is 1.51. The topological polar surface area (TPSA) is 54.5 Å². The largest absolute Gasteiger partial charge is 0.265 e. The van der Waals surface area contributed by atoms with E-state index >= 15 is 0 Å². The van der Waals surface area contributed by atoms with E-state index in [-0.39, 0.29) is 0 Å².